The summed E-state index contributed by atoms with van der Waals surface area (Å²) >= 11 is 0. The highest BCUT2D eigenvalue weighted by Crippen LogP contribution is 2.24. The van der Waals surface area contributed by atoms with E-state index in [1.165, 1.54) is 5.56 Å². The SMILES string of the molecule is Nc1ncccc1-c1ccc(C=Cc2ccccc2)cc1. The Morgan fingerprint density at radius 1 is 0.714 bits per heavy atom. The van der Waals surface area contributed by atoms with Crippen molar-refractivity contribution in [3.05, 3.63) is 84.1 Å². The molecule has 1 aromatic heterocycles. The highest BCUT2D eigenvalue weighted by molar-refractivity contribution is 5.76. The first kappa shape index (κ1) is 13.1. The van der Waals surface area contributed by atoms with Gasteiger partial charge in [-0.25, -0.2) is 4.98 Å². The quantitative estimate of drug-likeness (QED) is 0.713. The lowest BCUT2D eigenvalue weighted by atomic mass is 10.0. The summed E-state index contributed by atoms with van der Waals surface area (Å²) in [4.78, 5) is 4.12. The standard InChI is InChI=1S/C19H16N2/c20-19-18(7-4-14-21-19)17-12-10-16(11-13-17)9-8-15-5-2-1-3-6-15/h1-14H,(H2,20,21). The van der Waals surface area contributed by atoms with Crippen LogP contribution in [-0.2, 0) is 0 Å². The molecule has 102 valence electrons. The monoisotopic (exact) mass is 272 g/mol. The van der Waals surface area contributed by atoms with Crippen molar-refractivity contribution in [1.29, 1.82) is 0 Å². The Morgan fingerprint density at radius 3 is 2.05 bits per heavy atom. The zero-order valence-corrected chi connectivity index (χ0v) is 11.6. The van der Waals surface area contributed by atoms with Crippen LogP contribution < -0.4 is 5.73 Å². The van der Waals surface area contributed by atoms with Crippen molar-refractivity contribution in [1.82, 2.24) is 4.98 Å². The normalized spacial score (nSPS) is 10.9. The van der Waals surface area contributed by atoms with Crippen molar-refractivity contribution in [3.63, 3.8) is 0 Å². The molecule has 0 radical (unpaired) electrons. The highest BCUT2D eigenvalue weighted by atomic mass is 14.8. The Hall–Kier alpha value is -2.87. The van der Waals surface area contributed by atoms with E-state index in [4.69, 9.17) is 5.73 Å². The third-order valence-electron chi connectivity index (χ3n) is 3.33. The van der Waals surface area contributed by atoms with Crippen LogP contribution in [-0.4, -0.2) is 4.98 Å². The van der Waals surface area contributed by atoms with Crippen molar-refractivity contribution in [2.75, 3.05) is 5.73 Å². The largest absolute Gasteiger partial charge is 0.383 e. The van der Waals surface area contributed by atoms with Crippen molar-refractivity contribution < 1.29 is 0 Å². The van der Waals surface area contributed by atoms with Gasteiger partial charge in [-0.1, -0.05) is 66.7 Å². The number of pyridine rings is 1. The van der Waals surface area contributed by atoms with Gasteiger partial charge in [0.1, 0.15) is 5.82 Å². The maximum atomic E-state index is 5.90. The second-order valence-electron chi connectivity index (χ2n) is 4.80. The molecule has 0 atom stereocenters. The summed E-state index contributed by atoms with van der Waals surface area (Å²) in [5.41, 5.74) is 10.3. The fraction of sp³-hybridized carbons (Fsp3) is 0. The van der Waals surface area contributed by atoms with Gasteiger partial charge < -0.3 is 5.73 Å². The fourth-order valence-corrected chi connectivity index (χ4v) is 2.19. The molecule has 2 aromatic carbocycles. The molecule has 3 rings (SSSR count). The maximum Gasteiger partial charge on any atom is 0.131 e. The number of rotatable bonds is 3. The first-order valence-corrected chi connectivity index (χ1v) is 6.87. The second-order valence-corrected chi connectivity index (χ2v) is 4.80. The summed E-state index contributed by atoms with van der Waals surface area (Å²) in [6, 6.07) is 22.4. The lowest BCUT2D eigenvalue weighted by Gasteiger charge is -2.04. The van der Waals surface area contributed by atoms with Crippen LogP contribution in [0.2, 0.25) is 0 Å². The van der Waals surface area contributed by atoms with Crippen molar-refractivity contribution in [3.8, 4) is 11.1 Å². The molecule has 2 nitrogen and oxygen atoms in total. The molecule has 2 N–H and O–H groups in total. The third-order valence-corrected chi connectivity index (χ3v) is 3.33. The molecule has 0 spiro atoms. The predicted molar refractivity (Wildman–Crippen MR) is 89.5 cm³/mol. The number of nitrogens with two attached hydrogens (primary N) is 1. The lowest BCUT2D eigenvalue weighted by Crippen LogP contribution is -1.92. The minimum absolute atomic E-state index is 0.560. The smallest absolute Gasteiger partial charge is 0.131 e. The van der Waals surface area contributed by atoms with Gasteiger partial charge in [0.2, 0.25) is 0 Å². The molecule has 0 unspecified atom stereocenters. The first-order valence-electron chi connectivity index (χ1n) is 6.87. The Bertz CT molecular complexity index is 744. The van der Waals surface area contributed by atoms with Gasteiger partial charge in [0.15, 0.2) is 0 Å². The van der Waals surface area contributed by atoms with Crippen LogP contribution in [0.15, 0.2) is 72.9 Å². The van der Waals surface area contributed by atoms with Gasteiger partial charge in [0.05, 0.1) is 0 Å². The minimum Gasteiger partial charge on any atom is -0.383 e. The molecule has 0 bridgehead atoms. The molecule has 0 saturated heterocycles. The molecule has 21 heavy (non-hydrogen) atoms. The van der Waals surface area contributed by atoms with Crippen LogP contribution in [0.4, 0.5) is 5.82 Å². The fourth-order valence-electron chi connectivity index (χ4n) is 2.19. The number of hydrogen-bond donors (Lipinski definition) is 1. The number of nitrogens with zero attached hydrogens (tertiary/aromatic N) is 1. The van der Waals surface area contributed by atoms with Gasteiger partial charge in [0, 0.05) is 11.8 Å². The zero-order chi connectivity index (χ0) is 14.5. The van der Waals surface area contributed by atoms with E-state index in [2.05, 4.69) is 53.5 Å². The summed E-state index contributed by atoms with van der Waals surface area (Å²) < 4.78 is 0. The predicted octanol–water partition coefficient (Wildman–Crippen LogP) is 4.50. The molecular formula is C19H16N2. The molecular weight excluding hydrogens is 256 g/mol. The lowest BCUT2D eigenvalue weighted by molar-refractivity contribution is 1.34. The molecule has 0 saturated carbocycles. The molecule has 1 heterocycles. The van der Waals surface area contributed by atoms with Gasteiger partial charge >= 0.3 is 0 Å². The maximum absolute atomic E-state index is 5.90. The Labute approximate surface area is 124 Å². The van der Waals surface area contributed by atoms with Crippen LogP contribution in [0.1, 0.15) is 11.1 Å². The Morgan fingerprint density at radius 2 is 1.38 bits per heavy atom. The summed E-state index contributed by atoms with van der Waals surface area (Å²) in [5.74, 6) is 0.560. The minimum atomic E-state index is 0.560. The number of anilines is 1. The molecule has 0 aliphatic carbocycles. The van der Waals surface area contributed by atoms with E-state index in [0.29, 0.717) is 5.82 Å². The zero-order valence-electron chi connectivity index (χ0n) is 11.6. The summed E-state index contributed by atoms with van der Waals surface area (Å²) in [6.07, 6.45) is 5.91. The van der Waals surface area contributed by atoms with Crippen LogP contribution in [0.3, 0.4) is 0 Å². The van der Waals surface area contributed by atoms with E-state index in [1.54, 1.807) is 6.20 Å². The Kier molecular flexibility index (Phi) is 3.79. The third kappa shape index (κ3) is 3.18. The van der Waals surface area contributed by atoms with Crippen LogP contribution >= 0.6 is 0 Å². The van der Waals surface area contributed by atoms with E-state index in [9.17, 15) is 0 Å². The highest BCUT2D eigenvalue weighted by Gasteiger charge is 2.01. The molecule has 0 aliphatic rings. The molecule has 0 aliphatic heterocycles. The van der Waals surface area contributed by atoms with Gasteiger partial charge in [-0.2, -0.15) is 0 Å². The van der Waals surface area contributed by atoms with Gasteiger partial charge in [-0.15, -0.1) is 0 Å². The van der Waals surface area contributed by atoms with Gasteiger partial charge in [0.25, 0.3) is 0 Å². The average molecular weight is 272 g/mol. The van der Waals surface area contributed by atoms with Gasteiger partial charge in [-0.05, 0) is 28.8 Å². The molecule has 2 heteroatoms. The molecule has 3 aromatic rings. The number of aromatic nitrogens is 1. The van der Waals surface area contributed by atoms with Crippen molar-refractivity contribution in [2.45, 2.75) is 0 Å². The summed E-state index contributed by atoms with van der Waals surface area (Å²) in [6.45, 7) is 0. The first-order chi connectivity index (χ1) is 10.3. The second kappa shape index (κ2) is 6.06. The molecule has 0 amide bonds. The van der Waals surface area contributed by atoms with E-state index >= 15 is 0 Å². The van der Waals surface area contributed by atoms with Crippen molar-refractivity contribution >= 4 is 18.0 Å². The van der Waals surface area contributed by atoms with Crippen molar-refractivity contribution in [2.24, 2.45) is 0 Å². The van der Waals surface area contributed by atoms with Crippen LogP contribution in [0.25, 0.3) is 23.3 Å². The number of hydrogen-bond acceptors (Lipinski definition) is 2. The van der Waals surface area contributed by atoms with E-state index < -0.39 is 0 Å². The van der Waals surface area contributed by atoms with E-state index in [0.717, 1.165) is 16.7 Å². The average Bonchev–Trinajstić information content (AvgIpc) is 2.55. The van der Waals surface area contributed by atoms with Crippen LogP contribution in [0, 0.1) is 0 Å². The Balaban J connectivity index is 1.82. The number of benzene rings is 2. The van der Waals surface area contributed by atoms with E-state index in [-0.39, 0.29) is 0 Å². The number of nitrogen functional groups attached to an aromatic ring is 1. The van der Waals surface area contributed by atoms with Gasteiger partial charge in [-0.3, -0.25) is 0 Å². The molecule has 0 fully saturated rings. The van der Waals surface area contributed by atoms with Crippen LogP contribution in [0.5, 0.6) is 0 Å². The summed E-state index contributed by atoms with van der Waals surface area (Å²) in [5, 5.41) is 0. The van der Waals surface area contributed by atoms with E-state index in [1.807, 2.05) is 30.3 Å². The topological polar surface area (TPSA) is 38.9 Å². The summed E-state index contributed by atoms with van der Waals surface area (Å²) in [7, 11) is 0.